The Kier molecular flexibility index (Phi) is 4.13. The number of nitrogens with zero attached hydrogens (tertiary/aromatic N) is 2. The predicted octanol–water partition coefficient (Wildman–Crippen LogP) is 0.360. The van der Waals surface area contributed by atoms with Crippen LogP contribution in [0.3, 0.4) is 0 Å². The Morgan fingerprint density at radius 2 is 2.17 bits per heavy atom. The Morgan fingerprint density at radius 3 is 2.61 bits per heavy atom. The summed E-state index contributed by atoms with van der Waals surface area (Å²) < 4.78 is 0. The molecule has 1 aromatic heterocycles. The largest absolute Gasteiger partial charge is 0.397 e. The molecule has 6 heteroatoms. The van der Waals surface area contributed by atoms with Crippen LogP contribution in [0.5, 0.6) is 0 Å². The van der Waals surface area contributed by atoms with E-state index in [1.54, 1.807) is 18.7 Å². The van der Waals surface area contributed by atoms with Crippen molar-refractivity contribution in [2.75, 3.05) is 23.7 Å². The normalized spacial score (nSPS) is 11.3. The molecule has 1 amide bonds. The van der Waals surface area contributed by atoms with Gasteiger partial charge < -0.3 is 21.5 Å². The smallest absolute Gasteiger partial charge is 0.252 e. The molecule has 0 fully saturated rings. The third kappa shape index (κ3) is 3.59. The number of nitrogens with two attached hydrogens (primary N) is 2. The zero-order valence-electron chi connectivity index (χ0n) is 11.0. The van der Waals surface area contributed by atoms with E-state index in [9.17, 15) is 9.90 Å². The number of hydrogen-bond donors (Lipinski definition) is 3. The summed E-state index contributed by atoms with van der Waals surface area (Å²) in [6, 6.07) is 1.50. The third-order valence-corrected chi connectivity index (χ3v) is 2.41. The number of carbonyl (C=O) groups excluding carboxylic acids is 1. The fourth-order valence-corrected chi connectivity index (χ4v) is 1.71. The zero-order chi connectivity index (χ0) is 13.9. The minimum absolute atomic E-state index is 0.265. The molecular formula is C12H20N4O2. The van der Waals surface area contributed by atoms with Crippen LogP contribution in [0.25, 0.3) is 0 Å². The number of anilines is 2. The van der Waals surface area contributed by atoms with E-state index in [1.807, 2.05) is 6.92 Å². The van der Waals surface area contributed by atoms with Gasteiger partial charge in [0.15, 0.2) is 0 Å². The molecule has 0 saturated carbocycles. The number of rotatable bonds is 5. The van der Waals surface area contributed by atoms with Crippen molar-refractivity contribution >= 4 is 17.4 Å². The number of carbonyl (C=O) groups is 1. The van der Waals surface area contributed by atoms with Crippen LogP contribution in [0.15, 0.2) is 12.3 Å². The molecule has 1 aromatic rings. The van der Waals surface area contributed by atoms with Crippen LogP contribution in [0, 0.1) is 0 Å². The molecule has 0 radical (unpaired) electrons. The molecule has 0 atom stereocenters. The average molecular weight is 252 g/mol. The first kappa shape index (κ1) is 14.2. The minimum Gasteiger partial charge on any atom is -0.397 e. The predicted molar refractivity (Wildman–Crippen MR) is 71.4 cm³/mol. The molecule has 0 unspecified atom stereocenters. The number of likely N-dealkylation sites (N-methyl/N-ethyl adjacent to an activating group) is 1. The van der Waals surface area contributed by atoms with E-state index in [0.717, 1.165) is 0 Å². The molecule has 0 aliphatic rings. The number of pyridine rings is 1. The highest BCUT2D eigenvalue weighted by Crippen LogP contribution is 2.21. The van der Waals surface area contributed by atoms with Gasteiger partial charge in [-0.2, -0.15) is 0 Å². The first-order chi connectivity index (χ1) is 8.24. The molecule has 0 bridgehead atoms. The quantitative estimate of drug-likeness (QED) is 0.701. The van der Waals surface area contributed by atoms with E-state index in [1.165, 1.54) is 12.3 Å². The van der Waals surface area contributed by atoms with Crippen molar-refractivity contribution in [1.29, 1.82) is 0 Å². The monoisotopic (exact) mass is 252 g/mol. The second-order valence-corrected chi connectivity index (χ2v) is 4.83. The van der Waals surface area contributed by atoms with E-state index in [-0.39, 0.29) is 5.56 Å². The van der Waals surface area contributed by atoms with Crippen LogP contribution in [-0.4, -0.2) is 34.7 Å². The molecule has 0 aliphatic carbocycles. The van der Waals surface area contributed by atoms with E-state index < -0.39 is 11.5 Å². The Morgan fingerprint density at radius 1 is 1.56 bits per heavy atom. The summed E-state index contributed by atoms with van der Waals surface area (Å²) in [4.78, 5) is 17.3. The van der Waals surface area contributed by atoms with Crippen LogP contribution in [0.4, 0.5) is 11.5 Å². The fourth-order valence-electron chi connectivity index (χ4n) is 1.71. The van der Waals surface area contributed by atoms with Gasteiger partial charge in [0, 0.05) is 13.1 Å². The summed E-state index contributed by atoms with van der Waals surface area (Å²) in [6.45, 7) is 6.24. The topological polar surface area (TPSA) is 105 Å². The van der Waals surface area contributed by atoms with Gasteiger partial charge in [-0.05, 0) is 26.8 Å². The van der Waals surface area contributed by atoms with Crippen LogP contribution in [0.2, 0.25) is 0 Å². The van der Waals surface area contributed by atoms with Crippen molar-refractivity contribution in [3.8, 4) is 0 Å². The van der Waals surface area contributed by atoms with Gasteiger partial charge in [-0.25, -0.2) is 4.98 Å². The van der Waals surface area contributed by atoms with Crippen molar-refractivity contribution in [1.82, 2.24) is 4.98 Å². The third-order valence-electron chi connectivity index (χ3n) is 2.41. The summed E-state index contributed by atoms with van der Waals surface area (Å²) in [5, 5.41) is 9.85. The molecule has 1 rings (SSSR count). The Balaban J connectivity index is 3.17. The zero-order valence-corrected chi connectivity index (χ0v) is 11.0. The van der Waals surface area contributed by atoms with Crippen molar-refractivity contribution in [2.45, 2.75) is 26.4 Å². The van der Waals surface area contributed by atoms with Gasteiger partial charge in [0.05, 0.1) is 23.0 Å². The SMILES string of the molecule is CCN(CC(C)(C)O)c1ncc(N)cc1C(N)=O. The number of aliphatic hydroxyl groups is 1. The highest BCUT2D eigenvalue weighted by molar-refractivity contribution is 5.98. The summed E-state index contributed by atoms with van der Waals surface area (Å²) in [6.07, 6.45) is 1.47. The summed E-state index contributed by atoms with van der Waals surface area (Å²) >= 11 is 0. The number of primary amides is 1. The molecule has 0 spiro atoms. The molecule has 0 aromatic carbocycles. The highest BCUT2D eigenvalue weighted by atomic mass is 16.3. The maximum Gasteiger partial charge on any atom is 0.252 e. The van der Waals surface area contributed by atoms with Crippen LogP contribution < -0.4 is 16.4 Å². The fraction of sp³-hybridized carbons (Fsp3) is 0.500. The Hall–Kier alpha value is -1.82. The van der Waals surface area contributed by atoms with E-state index >= 15 is 0 Å². The Bertz CT molecular complexity index is 440. The van der Waals surface area contributed by atoms with E-state index in [2.05, 4.69) is 4.98 Å². The lowest BCUT2D eigenvalue weighted by atomic mass is 10.1. The second kappa shape index (κ2) is 5.22. The number of hydrogen-bond acceptors (Lipinski definition) is 5. The molecule has 6 nitrogen and oxygen atoms in total. The maximum atomic E-state index is 11.4. The number of amides is 1. The van der Waals surface area contributed by atoms with Crippen molar-refractivity contribution in [3.05, 3.63) is 17.8 Å². The molecular weight excluding hydrogens is 232 g/mol. The second-order valence-electron chi connectivity index (χ2n) is 4.83. The van der Waals surface area contributed by atoms with Gasteiger partial charge in [-0.15, -0.1) is 0 Å². The van der Waals surface area contributed by atoms with E-state index in [0.29, 0.717) is 24.6 Å². The lowest BCUT2D eigenvalue weighted by molar-refractivity contribution is 0.0870. The number of nitrogen functional groups attached to an aromatic ring is 1. The van der Waals surface area contributed by atoms with Crippen LogP contribution >= 0.6 is 0 Å². The van der Waals surface area contributed by atoms with Crippen molar-refractivity contribution in [3.63, 3.8) is 0 Å². The summed E-state index contributed by atoms with van der Waals surface area (Å²) in [5.74, 6) is -0.139. The molecule has 18 heavy (non-hydrogen) atoms. The standard InChI is InChI=1S/C12H20N4O2/c1-4-16(7-12(2,3)18)11-9(10(14)17)5-8(13)6-15-11/h5-6,18H,4,7,13H2,1-3H3,(H2,14,17). The van der Waals surface area contributed by atoms with Gasteiger partial charge >= 0.3 is 0 Å². The van der Waals surface area contributed by atoms with Crippen molar-refractivity contribution in [2.24, 2.45) is 5.73 Å². The van der Waals surface area contributed by atoms with E-state index in [4.69, 9.17) is 11.5 Å². The van der Waals surface area contributed by atoms with Crippen LogP contribution in [0.1, 0.15) is 31.1 Å². The molecule has 0 aliphatic heterocycles. The lowest BCUT2D eigenvalue weighted by Gasteiger charge is -2.30. The van der Waals surface area contributed by atoms with Crippen LogP contribution in [-0.2, 0) is 0 Å². The maximum absolute atomic E-state index is 11.4. The van der Waals surface area contributed by atoms with Crippen molar-refractivity contribution < 1.29 is 9.90 Å². The lowest BCUT2D eigenvalue weighted by Crippen LogP contribution is -2.40. The summed E-state index contributed by atoms with van der Waals surface area (Å²) in [7, 11) is 0. The number of aromatic nitrogens is 1. The minimum atomic E-state index is -0.895. The van der Waals surface area contributed by atoms with Gasteiger partial charge in [0.25, 0.3) is 5.91 Å². The van der Waals surface area contributed by atoms with Gasteiger partial charge in [0.2, 0.25) is 0 Å². The highest BCUT2D eigenvalue weighted by Gasteiger charge is 2.22. The molecule has 1 heterocycles. The molecule has 5 N–H and O–H groups in total. The molecule has 100 valence electrons. The summed E-state index contributed by atoms with van der Waals surface area (Å²) in [5.41, 5.74) is 10.7. The van der Waals surface area contributed by atoms with Gasteiger partial charge in [-0.3, -0.25) is 4.79 Å². The first-order valence-electron chi connectivity index (χ1n) is 5.77. The first-order valence-corrected chi connectivity index (χ1v) is 5.77. The van der Waals surface area contributed by atoms with Gasteiger partial charge in [-0.1, -0.05) is 0 Å². The average Bonchev–Trinajstić information content (AvgIpc) is 2.24. The van der Waals surface area contributed by atoms with Gasteiger partial charge in [0.1, 0.15) is 5.82 Å². The Labute approximate surface area is 107 Å². The molecule has 0 saturated heterocycles.